The zero-order chi connectivity index (χ0) is 15.3. The molecule has 21 heavy (non-hydrogen) atoms. The Morgan fingerprint density at radius 2 is 1.90 bits per heavy atom. The summed E-state index contributed by atoms with van der Waals surface area (Å²) in [6, 6.07) is 0.606. The lowest BCUT2D eigenvalue weighted by Gasteiger charge is -2.50. The number of likely N-dealkylation sites (N-methyl/N-ethyl adjacent to an activating group) is 1. The summed E-state index contributed by atoms with van der Waals surface area (Å²) in [5.41, 5.74) is 0.222. The third-order valence-electron chi connectivity index (χ3n) is 5.88. The van der Waals surface area contributed by atoms with Gasteiger partial charge >= 0.3 is 0 Å². The maximum Gasteiger partial charge on any atom is 0.0594 e. The summed E-state index contributed by atoms with van der Waals surface area (Å²) < 4.78 is 5.55. The second kappa shape index (κ2) is 7.94. The Morgan fingerprint density at radius 1 is 1.19 bits per heavy atom. The molecule has 1 saturated carbocycles. The van der Waals surface area contributed by atoms with E-state index >= 15 is 0 Å². The van der Waals surface area contributed by atoms with Crippen molar-refractivity contribution in [3.8, 4) is 0 Å². The molecule has 0 aromatic heterocycles. The van der Waals surface area contributed by atoms with E-state index in [1.165, 1.54) is 32.1 Å². The summed E-state index contributed by atoms with van der Waals surface area (Å²) in [4.78, 5) is 2.65. The smallest absolute Gasteiger partial charge is 0.0594 e. The highest BCUT2D eigenvalue weighted by Gasteiger charge is 2.41. The van der Waals surface area contributed by atoms with Crippen LogP contribution in [0.1, 0.15) is 59.8 Å². The topological polar surface area (TPSA) is 24.5 Å². The van der Waals surface area contributed by atoms with E-state index in [4.69, 9.17) is 4.74 Å². The number of hydrogen-bond acceptors (Lipinski definition) is 3. The molecule has 1 aliphatic heterocycles. The van der Waals surface area contributed by atoms with Crippen molar-refractivity contribution in [3.05, 3.63) is 0 Å². The lowest BCUT2D eigenvalue weighted by atomic mass is 9.71. The van der Waals surface area contributed by atoms with Gasteiger partial charge in [0.05, 0.1) is 13.2 Å². The van der Waals surface area contributed by atoms with Crippen molar-refractivity contribution >= 4 is 0 Å². The monoisotopic (exact) mass is 296 g/mol. The molecular formula is C18H36N2O. The number of nitrogens with zero attached hydrogens (tertiary/aromatic N) is 1. The SMILES string of the molecule is CCNC(C1CCCC(CC)C1)C(C)(C)N1CCOCC1. The van der Waals surface area contributed by atoms with E-state index in [2.05, 4.69) is 37.9 Å². The molecule has 2 rings (SSSR count). The lowest BCUT2D eigenvalue weighted by molar-refractivity contribution is -0.0359. The largest absolute Gasteiger partial charge is 0.379 e. The van der Waals surface area contributed by atoms with E-state index in [0.29, 0.717) is 6.04 Å². The number of ether oxygens (including phenoxy) is 1. The molecule has 0 aromatic carbocycles. The molecular weight excluding hydrogens is 260 g/mol. The number of hydrogen-bond donors (Lipinski definition) is 1. The minimum Gasteiger partial charge on any atom is -0.379 e. The molecule has 1 saturated heterocycles. The third kappa shape index (κ3) is 4.20. The fourth-order valence-corrected chi connectivity index (χ4v) is 4.56. The van der Waals surface area contributed by atoms with Gasteiger partial charge < -0.3 is 10.1 Å². The van der Waals surface area contributed by atoms with E-state index in [1.54, 1.807) is 0 Å². The zero-order valence-corrected chi connectivity index (χ0v) is 14.7. The molecule has 0 radical (unpaired) electrons. The van der Waals surface area contributed by atoms with Gasteiger partial charge in [-0.2, -0.15) is 0 Å². The first-order chi connectivity index (χ1) is 10.1. The molecule has 1 N–H and O–H groups in total. The predicted molar refractivity (Wildman–Crippen MR) is 89.7 cm³/mol. The van der Waals surface area contributed by atoms with Crippen LogP contribution in [0.3, 0.4) is 0 Å². The Kier molecular flexibility index (Phi) is 6.51. The van der Waals surface area contributed by atoms with Crippen molar-refractivity contribution in [2.45, 2.75) is 71.4 Å². The van der Waals surface area contributed by atoms with Crippen LogP contribution >= 0.6 is 0 Å². The molecule has 3 nitrogen and oxygen atoms in total. The van der Waals surface area contributed by atoms with Gasteiger partial charge in [-0.3, -0.25) is 4.90 Å². The van der Waals surface area contributed by atoms with Crippen molar-refractivity contribution in [2.24, 2.45) is 11.8 Å². The van der Waals surface area contributed by atoms with Gasteiger partial charge in [0.15, 0.2) is 0 Å². The Morgan fingerprint density at radius 3 is 2.52 bits per heavy atom. The van der Waals surface area contributed by atoms with Gasteiger partial charge in [0.25, 0.3) is 0 Å². The highest BCUT2D eigenvalue weighted by molar-refractivity contribution is 4.99. The Balaban J connectivity index is 2.08. The Hall–Kier alpha value is -0.120. The van der Waals surface area contributed by atoms with Gasteiger partial charge in [-0.15, -0.1) is 0 Å². The summed E-state index contributed by atoms with van der Waals surface area (Å²) in [6.07, 6.45) is 7.05. The quantitative estimate of drug-likeness (QED) is 0.814. The van der Waals surface area contributed by atoms with Crippen LogP contribution in [-0.4, -0.2) is 49.3 Å². The van der Waals surface area contributed by atoms with Crippen molar-refractivity contribution in [1.82, 2.24) is 10.2 Å². The van der Waals surface area contributed by atoms with Gasteiger partial charge in [0, 0.05) is 24.7 Å². The highest BCUT2D eigenvalue weighted by atomic mass is 16.5. The average molecular weight is 296 g/mol. The highest BCUT2D eigenvalue weighted by Crippen LogP contribution is 2.37. The Bertz CT molecular complexity index is 300. The van der Waals surface area contributed by atoms with Crippen molar-refractivity contribution in [3.63, 3.8) is 0 Å². The first-order valence-corrected chi connectivity index (χ1v) is 9.15. The van der Waals surface area contributed by atoms with Crippen LogP contribution in [0.5, 0.6) is 0 Å². The molecule has 3 unspecified atom stereocenters. The van der Waals surface area contributed by atoms with Crippen molar-refractivity contribution < 1.29 is 4.74 Å². The second-order valence-electron chi connectivity index (χ2n) is 7.49. The molecule has 1 aliphatic carbocycles. The molecule has 2 aliphatic rings. The second-order valence-corrected chi connectivity index (χ2v) is 7.49. The average Bonchev–Trinajstić information content (AvgIpc) is 2.53. The van der Waals surface area contributed by atoms with Crippen LogP contribution in [0.4, 0.5) is 0 Å². The van der Waals surface area contributed by atoms with Gasteiger partial charge in [0.2, 0.25) is 0 Å². The molecule has 0 spiro atoms. The standard InChI is InChI=1S/C18H36N2O/c1-5-15-8-7-9-16(14-15)17(19-6-2)18(3,4)20-10-12-21-13-11-20/h15-17,19H,5-14H2,1-4H3. The van der Waals surface area contributed by atoms with Crippen molar-refractivity contribution in [2.75, 3.05) is 32.8 Å². The van der Waals surface area contributed by atoms with Crippen LogP contribution in [0.15, 0.2) is 0 Å². The summed E-state index contributed by atoms with van der Waals surface area (Å²) in [5, 5.41) is 3.85. The molecule has 124 valence electrons. The van der Waals surface area contributed by atoms with E-state index in [-0.39, 0.29) is 5.54 Å². The maximum atomic E-state index is 5.55. The first-order valence-electron chi connectivity index (χ1n) is 9.15. The van der Waals surface area contributed by atoms with E-state index in [9.17, 15) is 0 Å². The van der Waals surface area contributed by atoms with E-state index < -0.39 is 0 Å². The number of rotatable bonds is 6. The Labute approximate surface area is 131 Å². The van der Waals surface area contributed by atoms with Crippen LogP contribution in [0.2, 0.25) is 0 Å². The molecule has 0 amide bonds. The molecule has 0 aromatic rings. The predicted octanol–water partition coefficient (Wildman–Crippen LogP) is 3.29. The summed E-state index contributed by atoms with van der Waals surface area (Å²) in [6.45, 7) is 14.5. The third-order valence-corrected chi connectivity index (χ3v) is 5.88. The molecule has 3 heteroatoms. The summed E-state index contributed by atoms with van der Waals surface area (Å²) in [5.74, 6) is 1.78. The maximum absolute atomic E-state index is 5.55. The fraction of sp³-hybridized carbons (Fsp3) is 1.00. The van der Waals surface area contributed by atoms with Crippen LogP contribution in [0.25, 0.3) is 0 Å². The van der Waals surface area contributed by atoms with E-state index in [0.717, 1.165) is 44.7 Å². The summed E-state index contributed by atoms with van der Waals surface area (Å²) >= 11 is 0. The molecule has 1 heterocycles. The van der Waals surface area contributed by atoms with Crippen LogP contribution < -0.4 is 5.32 Å². The molecule has 2 fully saturated rings. The zero-order valence-electron chi connectivity index (χ0n) is 14.7. The van der Waals surface area contributed by atoms with Crippen LogP contribution in [-0.2, 0) is 4.74 Å². The minimum absolute atomic E-state index is 0.222. The lowest BCUT2D eigenvalue weighted by Crippen LogP contribution is -2.63. The van der Waals surface area contributed by atoms with Crippen LogP contribution in [0, 0.1) is 11.8 Å². The summed E-state index contributed by atoms with van der Waals surface area (Å²) in [7, 11) is 0. The van der Waals surface area contributed by atoms with Gasteiger partial charge in [-0.25, -0.2) is 0 Å². The fourth-order valence-electron chi connectivity index (χ4n) is 4.56. The molecule has 0 bridgehead atoms. The normalized spacial score (nSPS) is 30.3. The molecule has 3 atom stereocenters. The van der Waals surface area contributed by atoms with Gasteiger partial charge in [0.1, 0.15) is 0 Å². The minimum atomic E-state index is 0.222. The van der Waals surface area contributed by atoms with Gasteiger partial charge in [-0.05, 0) is 45.1 Å². The number of morpholine rings is 1. The first kappa shape index (κ1) is 17.2. The van der Waals surface area contributed by atoms with Gasteiger partial charge in [-0.1, -0.05) is 33.1 Å². The van der Waals surface area contributed by atoms with E-state index in [1.807, 2.05) is 0 Å². The van der Waals surface area contributed by atoms with Crippen molar-refractivity contribution in [1.29, 1.82) is 0 Å². The number of nitrogens with one attached hydrogen (secondary N) is 1.